The summed E-state index contributed by atoms with van der Waals surface area (Å²) in [5, 5.41) is 49.9. The van der Waals surface area contributed by atoms with Gasteiger partial charge in [0.1, 0.15) is 0 Å². The highest BCUT2D eigenvalue weighted by Gasteiger charge is 2.20. The molecule has 1 aliphatic rings. The molecule has 1 saturated heterocycles. The van der Waals surface area contributed by atoms with E-state index in [1.165, 1.54) is 12.2 Å². The molecule has 1 aromatic carbocycles. The first-order valence-corrected chi connectivity index (χ1v) is 15.8. The molecular weight excluding hydrogens is 544 g/mol. The number of amides is 3. The average Bonchev–Trinajstić information content (AvgIpc) is 3.44. The van der Waals surface area contributed by atoms with Crippen molar-refractivity contribution in [1.29, 1.82) is 0 Å². The zero-order chi connectivity index (χ0) is 28.5. The largest absolute Gasteiger partial charge is 0.394 e. The summed E-state index contributed by atoms with van der Waals surface area (Å²) in [6, 6.07) is 6.85. The molecular formula is C26H42N4O7S2. The van der Waals surface area contributed by atoms with Crippen LogP contribution in [0.15, 0.2) is 24.3 Å². The summed E-state index contributed by atoms with van der Waals surface area (Å²) in [4.78, 5) is 36.1. The van der Waals surface area contributed by atoms with Crippen LogP contribution in [0.5, 0.6) is 0 Å². The van der Waals surface area contributed by atoms with Gasteiger partial charge in [-0.25, -0.2) is 0 Å². The number of anilines is 2. The predicted octanol–water partition coefficient (Wildman–Crippen LogP) is 1.23. The van der Waals surface area contributed by atoms with E-state index in [0.29, 0.717) is 36.0 Å². The minimum absolute atomic E-state index is 0.00975. The van der Waals surface area contributed by atoms with Crippen LogP contribution in [-0.4, -0.2) is 93.7 Å². The van der Waals surface area contributed by atoms with E-state index < -0.39 is 24.9 Å². The van der Waals surface area contributed by atoms with Crippen LogP contribution in [0, 0.1) is 0 Å². The predicted molar refractivity (Wildman–Crippen MR) is 155 cm³/mol. The van der Waals surface area contributed by atoms with Crippen molar-refractivity contribution in [2.24, 2.45) is 0 Å². The van der Waals surface area contributed by atoms with Crippen molar-refractivity contribution in [3.8, 4) is 0 Å². The number of hydrogen-bond donors (Lipinski definition) is 8. The fourth-order valence-corrected chi connectivity index (χ4v) is 6.86. The third kappa shape index (κ3) is 14.8. The van der Waals surface area contributed by atoms with E-state index in [0.717, 1.165) is 19.3 Å². The van der Waals surface area contributed by atoms with Crippen LogP contribution in [0.3, 0.4) is 0 Å². The first kappa shape index (κ1) is 33.2. The Morgan fingerprint density at radius 1 is 0.949 bits per heavy atom. The molecule has 11 nitrogen and oxygen atoms in total. The summed E-state index contributed by atoms with van der Waals surface area (Å²) >= 11 is 0. The summed E-state index contributed by atoms with van der Waals surface area (Å²) in [5.74, 6) is 0.571. The molecule has 0 bridgehead atoms. The third-order valence-corrected chi connectivity index (χ3v) is 9.09. The van der Waals surface area contributed by atoms with E-state index in [1.807, 2.05) is 21.6 Å². The lowest BCUT2D eigenvalue weighted by Crippen LogP contribution is -2.37. The van der Waals surface area contributed by atoms with Gasteiger partial charge in [0.2, 0.25) is 17.7 Å². The second-order valence-corrected chi connectivity index (χ2v) is 12.3. The van der Waals surface area contributed by atoms with Crippen LogP contribution >= 0.6 is 21.6 Å². The average molecular weight is 587 g/mol. The number of unbranched alkanes of at least 4 members (excludes halogenated alkanes) is 1. The van der Waals surface area contributed by atoms with Crippen molar-refractivity contribution in [1.82, 2.24) is 10.6 Å². The van der Waals surface area contributed by atoms with E-state index >= 15 is 0 Å². The Hall–Kier alpha value is -2.03. The zero-order valence-corrected chi connectivity index (χ0v) is 23.8. The molecule has 0 saturated carbocycles. The monoisotopic (exact) mass is 586 g/mol. The molecule has 8 N–H and O–H groups in total. The number of hydrogen-bond acceptors (Lipinski definition) is 10. The SMILES string of the molecule is O=C(CCCCC1CCSS1)NCC(=O)NCCCC(=O)Nc1cccc(NCC(O)C(O)CC(O)CO)c1. The third-order valence-electron chi connectivity index (χ3n) is 6.09. The lowest BCUT2D eigenvalue weighted by molar-refractivity contribution is -0.126. The van der Waals surface area contributed by atoms with Crippen molar-refractivity contribution in [3.05, 3.63) is 24.3 Å². The van der Waals surface area contributed by atoms with Crippen molar-refractivity contribution in [2.75, 3.05) is 42.6 Å². The molecule has 4 atom stereocenters. The molecule has 39 heavy (non-hydrogen) atoms. The summed E-state index contributed by atoms with van der Waals surface area (Å²) in [6.45, 7) is -0.252. The number of aliphatic hydroxyl groups is 4. The highest BCUT2D eigenvalue weighted by molar-refractivity contribution is 8.77. The lowest BCUT2D eigenvalue weighted by Gasteiger charge is -2.20. The summed E-state index contributed by atoms with van der Waals surface area (Å²) in [7, 11) is 3.86. The fraction of sp³-hybridized carbons (Fsp3) is 0.654. The highest BCUT2D eigenvalue weighted by atomic mass is 33.1. The normalized spacial score (nSPS) is 17.2. The number of benzene rings is 1. The molecule has 220 valence electrons. The van der Waals surface area contributed by atoms with E-state index in [4.69, 9.17) is 5.11 Å². The Morgan fingerprint density at radius 3 is 2.46 bits per heavy atom. The molecule has 1 aromatic rings. The van der Waals surface area contributed by atoms with Gasteiger partial charge in [0.25, 0.3) is 0 Å². The quantitative estimate of drug-likeness (QED) is 0.0868. The van der Waals surface area contributed by atoms with E-state index in [2.05, 4.69) is 21.3 Å². The number of carbonyl (C=O) groups is 3. The van der Waals surface area contributed by atoms with E-state index in [9.17, 15) is 29.7 Å². The Bertz CT molecular complexity index is 890. The van der Waals surface area contributed by atoms with Gasteiger partial charge in [0.15, 0.2) is 0 Å². The number of aliphatic hydroxyl groups excluding tert-OH is 4. The Kier molecular flexibility index (Phi) is 16.3. The van der Waals surface area contributed by atoms with Crippen LogP contribution in [0.1, 0.15) is 51.4 Å². The standard InChI is InChI=1S/C26H42N4O7S2/c31-17-20(32)14-22(33)23(34)15-28-18-5-3-6-19(13-18)30-25(36)9-4-11-27-26(37)16-29-24(35)8-2-1-7-21-10-12-38-39-21/h3,5-6,13,20-23,28,31-34H,1-2,4,7-12,14-17H2,(H,27,37)(H,29,35)(H,30,36). The summed E-state index contributed by atoms with van der Waals surface area (Å²) in [5.41, 5.74) is 1.16. The number of nitrogens with one attached hydrogen (secondary N) is 4. The molecule has 13 heteroatoms. The molecule has 0 spiro atoms. The van der Waals surface area contributed by atoms with Crippen molar-refractivity contribution < 1.29 is 34.8 Å². The second-order valence-electron chi connectivity index (χ2n) is 9.52. The van der Waals surface area contributed by atoms with Gasteiger partial charge in [-0.1, -0.05) is 34.1 Å². The van der Waals surface area contributed by atoms with E-state index in [1.54, 1.807) is 24.3 Å². The van der Waals surface area contributed by atoms with Gasteiger partial charge in [0, 0.05) is 54.7 Å². The molecule has 1 heterocycles. The topological polar surface area (TPSA) is 180 Å². The van der Waals surface area contributed by atoms with Gasteiger partial charge >= 0.3 is 0 Å². The minimum atomic E-state index is -1.20. The maximum atomic E-state index is 12.3. The summed E-state index contributed by atoms with van der Waals surface area (Å²) < 4.78 is 0. The van der Waals surface area contributed by atoms with Crippen LogP contribution in [0.4, 0.5) is 11.4 Å². The molecule has 3 amide bonds. The second kappa shape index (κ2) is 19.1. The van der Waals surface area contributed by atoms with E-state index in [-0.39, 0.29) is 43.7 Å². The van der Waals surface area contributed by atoms with Gasteiger partial charge in [-0.05, 0) is 43.9 Å². The molecule has 0 aliphatic carbocycles. The van der Waals surface area contributed by atoms with Gasteiger partial charge < -0.3 is 41.7 Å². The number of rotatable bonds is 19. The van der Waals surface area contributed by atoms with Crippen molar-refractivity contribution in [2.45, 2.75) is 74.9 Å². The lowest BCUT2D eigenvalue weighted by atomic mass is 10.1. The molecule has 4 unspecified atom stereocenters. The van der Waals surface area contributed by atoms with Gasteiger partial charge in [-0.15, -0.1) is 0 Å². The van der Waals surface area contributed by atoms with Crippen molar-refractivity contribution >= 4 is 50.7 Å². The van der Waals surface area contributed by atoms with Crippen LogP contribution in [0.25, 0.3) is 0 Å². The molecule has 0 radical (unpaired) electrons. The van der Waals surface area contributed by atoms with Gasteiger partial charge in [-0.2, -0.15) is 0 Å². The first-order valence-electron chi connectivity index (χ1n) is 13.4. The van der Waals surface area contributed by atoms with Crippen LogP contribution in [-0.2, 0) is 14.4 Å². The van der Waals surface area contributed by atoms with Gasteiger partial charge in [0.05, 0.1) is 31.5 Å². The van der Waals surface area contributed by atoms with Crippen LogP contribution in [0.2, 0.25) is 0 Å². The maximum Gasteiger partial charge on any atom is 0.239 e. The smallest absolute Gasteiger partial charge is 0.239 e. The summed E-state index contributed by atoms with van der Waals surface area (Å²) in [6.07, 6.45) is 1.67. The highest BCUT2D eigenvalue weighted by Crippen LogP contribution is 2.39. The molecule has 1 aliphatic heterocycles. The number of carbonyl (C=O) groups excluding carboxylic acids is 3. The Morgan fingerprint density at radius 2 is 1.72 bits per heavy atom. The maximum absolute atomic E-state index is 12.3. The van der Waals surface area contributed by atoms with Crippen LogP contribution < -0.4 is 21.3 Å². The van der Waals surface area contributed by atoms with Gasteiger partial charge in [-0.3, -0.25) is 14.4 Å². The Balaban J connectivity index is 1.54. The zero-order valence-electron chi connectivity index (χ0n) is 22.1. The minimum Gasteiger partial charge on any atom is -0.394 e. The first-order chi connectivity index (χ1) is 18.8. The molecule has 2 rings (SSSR count). The Labute approximate surface area is 237 Å². The molecule has 1 fully saturated rings. The fourth-order valence-electron chi connectivity index (χ4n) is 3.83. The van der Waals surface area contributed by atoms with Crippen molar-refractivity contribution in [3.63, 3.8) is 0 Å². The molecule has 0 aromatic heterocycles.